The van der Waals surface area contributed by atoms with Crippen molar-refractivity contribution in [1.29, 1.82) is 0 Å². The van der Waals surface area contributed by atoms with Crippen molar-refractivity contribution in [1.82, 2.24) is 4.90 Å². The molecule has 0 spiro atoms. The molecular weight excluding hydrogens is 198 g/mol. The zero-order valence-electron chi connectivity index (χ0n) is 10.7. The van der Waals surface area contributed by atoms with Gasteiger partial charge in [0.2, 0.25) is 0 Å². The third kappa shape index (κ3) is 3.46. The predicted octanol–water partition coefficient (Wildman–Crippen LogP) is 2.37. The molecule has 0 radical (unpaired) electrons. The summed E-state index contributed by atoms with van der Waals surface area (Å²) in [5.41, 5.74) is 3.62. The highest BCUT2D eigenvalue weighted by Crippen LogP contribution is 2.14. The summed E-state index contributed by atoms with van der Waals surface area (Å²) < 4.78 is 0. The van der Waals surface area contributed by atoms with E-state index in [4.69, 9.17) is 0 Å². The summed E-state index contributed by atoms with van der Waals surface area (Å²) in [5.74, 6) is 0.293. The zero-order valence-corrected chi connectivity index (χ0v) is 10.7. The maximum absolute atomic E-state index is 11.8. The molecule has 0 amide bonds. The number of benzene rings is 1. The van der Waals surface area contributed by atoms with E-state index in [2.05, 4.69) is 32.9 Å². The molecule has 0 aliphatic rings. The summed E-state index contributed by atoms with van der Waals surface area (Å²) >= 11 is 0. The lowest BCUT2D eigenvalue weighted by Gasteiger charge is -2.14. The summed E-state index contributed by atoms with van der Waals surface area (Å²) in [5, 5.41) is 0. The first kappa shape index (κ1) is 12.9. The van der Waals surface area contributed by atoms with E-state index in [1.165, 1.54) is 16.7 Å². The summed E-state index contributed by atoms with van der Waals surface area (Å²) in [6, 6.07) is 6.18. The van der Waals surface area contributed by atoms with Crippen LogP contribution in [0.3, 0.4) is 0 Å². The van der Waals surface area contributed by atoms with Crippen LogP contribution >= 0.6 is 0 Å². The molecule has 2 nitrogen and oxygen atoms in total. The van der Waals surface area contributed by atoms with Gasteiger partial charge >= 0.3 is 0 Å². The van der Waals surface area contributed by atoms with Crippen molar-refractivity contribution in [3.63, 3.8) is 0 Å². The lowest BCUT2D eigenvalue weighted by molar-refractivity contribution is -0.119. The van der Waals surface area contributed by atoms with Gasteiger partial charge in [0.25, 0.3) is 0 Å². The van der Waals surface area contributed by atoms with Crippen LogP contribution in [0.5, 0.6) is 0 Å². The van der Waals surface area contributed by atoms with Gasteiger partial charge in [-0.2, -0.15) is 0 Å². The van der Waals surface area contributed by atoms with Gasteiger partial charge in [0.15, 0.2) is 5.78 Å². The number of hydrogen-bond acceptors (Lipinski definition) is 2. The second-order valence-electron chi connectivity index (χ2n) is 4.42. The molecule has 0 heterocycles. The van der Waals surface area contributed by atoms with Gasteiger partial charge in [0, 0.05) is 6.42 Å². The number of likely N-dealkylation sites (N-methyl/N-ethyl adjacent to an activating group) is 1. The Morgan fingerprint density at radius 1 is 1.25 bits per heavy atom. The number of nitrogens with zero attached hydrogens (tertiary/aromatic N) is 1. The molecule has 1 aromatic carbocycles. The van der Waals surface area contributed by atoms with E-state index in [1.807, 2.05) is 18.0 Å². The monoisotopic (exact) mass is 219 g/mol. The largest absolute Gasteiger partial charge is 0.299 e. The van der Waals surface area contributed by atoms with Crippen LogP contribution in [0.2, 0.25) is 0 Å². The van der Waals surface area contributed by atoms with E-state index in [1.54, 1.807) is 0 Å². The number of aryl methyl sites for hydroxylation is 2. The quantitative estimate of drug-likeness (QED) is 0.757. The number of ketones is 1. The lowest BCUT2D eigenvalue weighted by Crippen LogP contribution is -2.26. The van der Waals surface area contributed by atoms with E-state index in [0.29, 0.717) is 18.7 Å². The first-order chi connectivity index (χ1) is 7.54. The highest BCUT2D eigenvalue weighted by Gasteiger charge is 2.09. The van der Waals surface area contributed by atoms with Gasteiger partial charge in [0.05, 0.1) is 6.54 Å². The fourth-order valence-corrected chi connectivity index (χ4v) is 1.79. The molecule has 88 valence electrons. The highest BCUT2D eigenvalue weighted by molar-refractivity contribution is 5.83. The molecule has 0 fully saturated rings. The van der Waals surface area contributed by atoms with Crippen LogP contribution in [0.25, 0.3) is 0 Å². The molecule has 2 heteroatoms. The Kier molecular flexibility index (Phi) is 4.69. The molecule has 0 aliphatic heterocycles. The minimum absolute atomic E-state index is 0.293. The van der Waals surface area contributed by atoms with Crippen molar-refractivity contribution in [2.24, 2.45) is 0 Å². The van der Waals surface area contributed by atoms with Crippen LogP contribution in [0, 0.1) is 13.8 Å². The van der Waals surface area contributed by atoms with Crippen LogP contribution in [0.15, 0.2) is 18.2 Å². The Morgan fingerprint density at radius 3 is 2.31 bits per heavy atom. The van der Waals surface area contributed by atoms with Gasteiger partial charge < -0.3 is 0 Å². The molecule has 0 unspecified atom stereocenters. The SMILES string of the molecule is CCN(C)CC(=O)Cc1c(C)cccc1C. The van der Waals surface area contributed by atoms with Gasteiger partial charge in [-0.15, -0.1) is 0 Å². The number of hydrogen-bond donors (Lipinski definition) is 0. The van der Waals surface area contributed by atoms with Gasteiger partial charge in [0.1, 0.15) is 0 Å². The summed E-state index contributed by atoms with van der Waals surface area (Å²) in [6.07, 6.45) is 0.558. The summed E-state index contributed by atoms with van der Waals surface area (Å²) in [7, 11) is 1.97. The van der Waals surface area contributed by atoms with E-state index in [9.17, 15) is 4.79 Å². The fourth-order valence-electron chi connectivity index (χ4n) is 1.79. The van der Waals surface area contributed by atoms with Gasteiger partial charge in [-0.1, -0.05) is 25.1 Å². The van der Waals surface area contributed by atoms with E-state index in [0.717, 1.165) is 6.54 Å². The maximum Gasteiger partial charge on any atom is 0.151 e. The summed E-state index contributed by atoms with van der Waals surface area (Å²) in [4.78, 5) is 13.9. The molecule has 16 heavy (non-hydrogen) atoms. The molecular formula is C14H21NO. The normalized spacial score (nSPS) is 10.8. The van der Waals surface area contributed by atoms with Crippen molar-refractivity contribution >= 4 is 5.78 Å². The minimum atomic E-state index is 0.293. The van der Waals surface area contributed by atoms with Crippen molar-refractivity contribution < 1.29 is 4.79 Å². The Labute approximate surface area is 98.3 Å². The molecule has 1 rings (SSSR count). The first-order valence-electron chi connectivity index (χ1n) is 5.80. The van der Waals surface area contributed by atoms with Crippen LogP contribution in [-0.4, -0.2) is 30.8 Å². The van der Waals surface area contributed by atoms with Crippen LogP contribution in [0.4, 0.5) is 0 Å². The fraction of sp³-hybridized carbons (Fsp3) is 0.500. The van der Waals surface area contributed by atoms with Gasteiger partial charge in [-0.25, -0.2) is 0 Å². The molecule has 0 saturated heterocycles. The van der Waals surface area contributed by atoms with E-state index >= 15 is 0 Å². The first-order valence-corrected chi connectivity index (χ1v) is 5.80. The second-order valence-corrected chi connectivity index (χ2v) is 4.42. The van der Waals surface area contributed by atoms with Crippen LogP contribution < -0.4 is 0 Å². The van der Waals surface area contributed by atoms with Crippen LogP contribution in [0.1, 0.15) is 23.6 Å². The third-order valence-corrected chi connectivity index (χ3v) is 3.00. The molecule has 0 saturated carbocycles. The number of carbonyl (C=O) groups excluding carboxylic acids is 1. The number of carbonyl (C=O) groups is 1. The van der Waals surface area contributed by atoms with Crippen molar-refractivity contribution in [3.05, 3.63) is 34.9 Å². The summed E-state index contributed by atoms with van der Waals surface area (Å²) in [6.45, 7) is 7.66. The minimum Gasteiger partial charge on any atom is -0.299 e. The van der Waals surface area contributed by atoms with E-state index < -0.39 is 0 Å². The molecule has 0 N–H and O–H groups in total. The molecule has 0 aromatic heterocycles. The average Bonchev–Trinajstić information content (AvgIpc) is 2.23. The Bertz CT molecular complexity index is 351. The number of rotatable bonds is 5. The Balaban J connectivity index is 2.70. The maximum atomic E-state index is 11.8. The molecule has 0 aliphatic carbocycles. The molecule has 0 bridgehead atoms. The van der Waals surface area contributed by atoms with Gasteiger partial charge in [-0.05, 0) is 44.1 Å². The topological polar surface area (TPSA) is 20.3 Å². The third-order valence-electron chi connectivity index (χ3n) is 3.00. The van der Waals surface area contributed by atoms with E-state index in [-0.39, 0.29) is 0 Å². The smallest absolute Gasteiger partial charge is 0.151 e. The van der Waals surface area contributed by atoms with Crippen molar-refractivity contribution in [2.45, 2.75) is 27.2 Å². The average molecular weight is 219 g/mol. The predicted molar refractivity (Wildman–Crippen MR) is 67.8 cm³/mol. The van der Waals surface area contributed by atoms with Crippen LogP contribution in [-0.2, 0) is 11.2 Å². The van der Waals surface area contributed by atoms with Crippen molar-refractivity contribution in [3.8, 4) is 0 Å². The van der Waals surface area contributed by atoms with Crippen molar-refractivity contribution in [2.75, 3.05) is 20.1 Å². The highest BCUT2D eigenvalue weighted by atomic mass is 16.1. The lowest BCUT2D eigenvalue weighted by atomic mass is 9.98. The second kappa shape index (κ2) is 5.80. The molecule has 0 atom stereocenters. The van der Waals surface area contributed by atoms with Gasteiger partial charge in [-0.3, -0.25) is 9.69 Å². The Hall–Kier alpha value is -1.15. The zero-order chi connectivity index (χ0) is 12.1. The number of Topliss-reactive ketones (excluding diaryl/α,β-unsaturated/α-hetero) is 1. The Morgan fingerprint density at radius 2 is 1.81 bits per heavy atom. The molecule has 1 aromatic rings. The standard InChI is InChI=1S/C14H21NO/c1-5-15(4)10-13(16)9-14-11(2)7-6-8-12(14)3/h6-8H,5,9-10H2,1-4H3.